The number of hydrogen-bond donors (Lipinski definition) is 2. The Hall–Kier alpha value is -5.07. The lowest BCUT2D eigenvalue weighted by Gasteiger charge is -2.43. The van der Waals surface area contributed by atoms with Crippen LogP contribution in [-0.4, -0.2) is 72.4 Å². The standard InChI is InChI=1S/C26H33N5O4.C12H15NO3/c1-6-19-23(32)30(4)20-14-27-25(29-22(20)31(19)15-9-7-8-10-15)28-18-12-11-16(24(33)34-5)17-13-26(2,3)35-21(17)18;1-12(2)6-8-7(11(14)15-3)4-5-9(13)10(8)16-12/h11-12,14-15,19H,6-10,13H2,1-5H3,(H,27,28,29);4-5H,6,13H2,1-3H3/t19-;/m1./s1. The van der Waals surface area contributed by atoms with Crippen molar-refractivity contribution in [1.82, 2.24) is 9.97 Å². The number of rotatable bonds is 6. The molecule has 13 heteroatoms. The van der Waals surface area contributed by atoms with Gasteiger partial charge in [-0.15, -0.1) is 0 Å². The predicted octanol–water partition coefficient (Wildman–Crippen LogP) is 5.99. The number of ether oxygens (including phenoxy) is 4. The van der Waals surface area contributed by atoms with Gasteiger partial charge in [0.1, 0.15) is 34.4 Å². The van der Waals surface area contributed by atoms with E-state index in [1.165, 1.54) is 27.1 Å². The fourth-order valence-electron chi connectivity index (χ4n) is 7.60. The van der Waals surface area contributed by atoms with Gasteiger partial charge in [-0.3, -0.25) is 4.79 Å². The quantitative estimate of drug-likeness (QED) is 0.229. The molecule has 4 aliphatic rings. The van der Waals surface area contributed by atoms with Crippen LogP contribution in [0.4, 0.5) is 28.8 Å². The third-order valence-electron chi connectivity index (χ3n) is 9.98. The summed E-state index contributed by atoms with van der Waals surface area (Å²) >= 11 is 0. The molecule has 1 aromatic heterocycles. The van der Waals surface area contributed by atoms with Crippen molar-refractivity contribution in [3.8, 4) is 11.5 Å². The van der Waals surface area contributed by atoms with Crippen LogP contribution in [-0.2, 0) is 27.1 Å². The van der Waals surface area contributed by atoms with Crippen molar-refractivity contribution in [2.75, 3.05) is 42.1 Å². The lowest BCUT2D eigenvalue weighted by atomic mass is 9.97. The third-order valence-corrected chi connectivity index (χ3v) is 9.98. The van der Waals surface area contributed by atoms with Gasteiger partial charge in [0.05, 0.1) is 42.9 Å². The monoisotopic (exact) mass is 700 g/mol. The fraction of sp³-hybridized carbons (Fsp3) is 0.500. The largest absolute Gasteiger partial charge is 0.485 e. The molecule has 0 unspecified atom stereocenters. The first-order chi connectivity index (χ1) is 24.2. The summed E-state index contributed by atoms with van der Waals surface area (Å²) in [7, 11) is 4.54. The molecule has 4 heterocycles. The fourth-order valence-corrected chi connectivity index (χ4v) is 7.60. The molecule has 1 aliphatic carbocycles. The number of anilines is 5. The number of benzene rings is 2. The molecule has 1 amide bonds. The molecule has 0 spiro atoms. The first-order valence-corrected chi connectivity index (χ1v) is 17.5. The van der Waals surface area contributed by atoms with E-state index in [-0.39, 0.29) is 29.5 Å². The highest BCUT2D eigenvalue weighted by Crippen LogP contribution is 2.45. The van der Waals surface area contributed by atoms with E-state index in [4.69, 9.17) is 29.7 Å². The molecule has 0 bridgehead atoms. The molecule has 272 valence electrons. The molecule has 0 radical (unpaired) electrons. The van der Waals surface area contributed by atoms with Crippen LogP contribution in [0.3, 0.4) is 0 Å². The molecule has 2 aromatic carbocycles. The molecule has 3 aliphatic heterocycles. The molecule has 3 N–H and O–H groups in total. The number of methoxy groups -OCH3 is 2. The maximum absolute atomic E-state index is 13.1. The maximum Gasteiger partial charge on any atom is 0.338 e. The lowest BCUT2D eigenvalue weighted by molar-refractivity contribution is -0.120. The van der Waals surface area contributed by atoms with Crippen molar-refractivity contribution in [3.63, 3.8) is 0 Å². The van der Waals surface area contributed by atoms with E-state index in [0.29, 0.717) is 58.8 Å². The van der Waals surface area contributed by atoms with Gasteiger partial charge in [0, 0.05) is 37.1 Å². The Balaban J connectivity index is 0.000000234. The molecular formula is C38H48N6O7. The minimum atomic E-state index is -0.448. The zero-order valence-electron chi connectivity index (χ0n) is 30.7. The first kappa shape index (κ1) is 35.7. The highest BCUT2D eigenvalue weighted by molar-refractivity contribution is 6.04. The number of nitrogen functional groups attached to an aromatic ring is 1. The van der Waals surface area contributed by atoms with Gasteiger partial charge in [-0.1, -0.05) is 19.8 Å². The zero-order valence-corrected chi connectivity index (χ0v) is 30.7. The number of carbonyl (C=O) groups is 3. The smallest absolute Gasteiger partial charge is 0.338 e. The van der Waals surface area contributed by atoms with Crippen LogP contribution in [0.1, 0.15) is 98.6 Å². The molecule has 3 aromatic rings. The molecule has 7 rings (SSSR count). The summed E-state index contributed by atoms with van der Waals surface area (Å²) < 4.78 is 21.7. The van der Waals surface area contributed by atoms with Crippen molar-refractivity contribution < 1.29 is 33.3 Å². The van der Waals surface area contributed by atoms with E-state index in [9.17, 15) is 14.4 Å². The summed E-state index contributed by atoms with van der Waals surface area (Å²) in [5, 5.41) is 3.32. The Kier molecular flexibility index (Phi) is 9.51. The summed E-state index contributed by atoms with van der Waals surface area (Å²) in [6.45, 7) is 9.96. The van der Waals surface area contributed by atoms with E-state index in [1.54, 1.807) is 42.4 Å². The summed E-state index contributed by atoms with van der Waals surface area (Å²) in [5.41, 5.74) is 9.74. The Morgan fingerprint density at radius 2 is 1.51 bits per heavy atom. The highest BCUT2D eigenvalue weighted by Gasteiger charge is 2.42. The van der Waals surface area contributed by atoms with E-state index >= 15 is 0 Å². The third kappa shape index (κ3) is 6.73. The Labute approximate surface area is 298 Å². The predicted molar refractivity (Wildman–Crippen MR) is 194 cm³/mol. The van der Waals surface area contributed by atoms with Crippen molar-refractivity contribution in [3.05, 3.63) is 52.7 Å². The van der Waals surface area contributed by atoms with Gasteiger partial charge in [-0.05, 0) is 71.2 Å². The Morgan fingerprint density at radius 3 is 2.10 bits per heavy atom. The zero-order chi connectivity index (χ0) is 36.8. The molecule has 51 heavy (non-hydrogen) atoms. The molecule has 1 atom stereocenters. The Morgan fingerprint density at radius 1 is 0.941 bits per heavy atom. The number of aromatic nitrogens is 2. The van der Waals surface area contributed by atoms with E-state index < -0.39 is 5.60 Å². The van der Waals surface area contributed by atoms with Crippen LogP contribution in [0.25, 0.3) is 0 Å². The Bertz CT molecular complexity index is 1870. The first-order valence-electron chi connectivity index (χ1n) is 17.5. The van der Waals surface area contributed by atoms with Gasteiger partial charge in [0.25, 0.3) is 0 Å². The van der Waals surface area contributed by atoms with Crippen molar-refractivity contribution in [2.24, 2.45) is 0 Å². The maximum atomic E-state index is 13.1. The average molecular weight is 701 g/mol. The highest BCUT2D eigenvalue weighted by atomic mass is 16.5. The molecule has 1 fully saturated rings. The van der Waals surface area contributed by atoms with Crippen LogP contribution < -0.4 is 30.3 Å². The summed E-state index contributed by atoms with van der Waals surface area (Å²) in [4.78, 5) is 50.4. The van der Waals surface area contributed by atoms with Gasteiger partial charge in [0.2, 0.25) is 11.9 Å². The van der Waals surface area contributed by atoms with Crippen LogP contribution in [0.2, 0.25) is 0 Å². The minimum Gasteiger partial charge on any atom is -0.485 e. The number of fused-ring (bicyclic) bond motifs is 3. The molecule has 1 saturated carbocycles. The number of nitrogens with one attached hydrogen (secondary N) is 1. The number of likely N-dealkylation sites (N-methyl/N-ethyl adjacent to an activating group) is 1. The van der Waals surface area contributed by atoms with Crippen molar-refractivity contribution in [2.45, 2.75) is 103 Å². The lowest BCUT2D eigenvalue weighted by Crippen LogP contribution is -2.55. The summed E-state index contributed by atoms with van der Waals surface area (Å²) in [6.07, 6.45) is 8.14. The van der Waals surface area contributed by atoms with Gasteiger partial charge in [-0.2, -0.15) is 4.98 Å². The summed E-state index contributed by atoms with van der Waals surface area (Å²) in [6, 6.07) is 6.98. The van der Waals surface area contributed by atoms with Crippen molar-refractivity contribution in [1.29, 1.82) is 0 Å². The normalized spacial score (nSPS) is 19.5. The average Bonchev–Trinajstić information content (AvgIpc) is 3.83. The van der Waals surface area contributed by atoms with Gasteiger partial charge in [0.15, 0.2) is 5.82 Å². The van der Waals surface area contributed by atoms with Crippen LogP contribution in [0.15, 0.2) is 30.5 Å². The number of hydrogen-bond acceptors (Lipinski definition) is 12. The van der Waals surface area contributed by atoms with Crippen molar-refractivity contribution >= 4 is 46.7 Å². The molecular weight excluding hydrogens is 652 g/mol. The number of carbonyl (C=O) groups excluding carboxylic acids is 3. The van der Waals surface area contributed by atoms with Crippen LogP contribution >= 0.6 is 0 Å². The van der Waals surface area contributed by atoms with Crippen LogP contribution in [0.5, 0.6) is 11.5 Å². The van der Waals surface area contributed by atoms with Gasteiger partial charge < -0.3 is 39.8 Å². The van der Waals surface area contributed by atoms with E-state index in [1.807, 2.05) is 27.7 Å². The second-order valence-corrected chi connectivity index (χ2v) is 14.7. The van der Waals surface area contributed by atoms with Crippen LogP contribution in [0, 0.1) is 0 Å². The molecule has 13 nitrogen and oxygen atoms in total. The van der Waals surface area contributed by atoms with E-state index in [0.717, 1.165) is 41.9 Å². The SMILES string of the molecule is CC[C@@H]1C(=O)N(C)c2cnc(Nc3ccc(C(=O)OC)c4c3OC(C)(C)C4)nc2N1C1CCCC1.COC(=O)c1ccc(N)c2c1CC(C)(C)O2. The number of amides is 1. The minimum absolute atomic E-state index is 0.0862. The van der Waals surface area contributed by atoms with Gasteiger partial charge >= 0.3 is 11.9 Å². The second-order valence-electron chi connectivity index (χ2n) is 14.7. The topological polar surface area (TPSA) is 158 Å². The summed E-state index contributed by atoms with van der Waals surface area (Å²) in [5.74, 6) is 1.79. The number of nitrogens with zero attached hydrogens (tertiary/aromatic N) is 4. The second kappa shape index (κ2) is 13.6. The molecule has 0 saturated heterocycles. The van der Waals surface area contributed by atoms with Gasteiger partial charge in [-0.25, -0.2) is 14.6 Å². The number of nitrogens with two attached hydrogens (primary N) is 1. The van der Waals surface area contributed by atoms with E-state index in [2.05, 4.69) is 22.1 Å². The number of esters is 2.